The van der Waals surface area contributed by atoms with Crippen LogP contribution in [0.25, 0.3) is 0 Å². The van der Waals surface area contributed by atoms with Gasteiger partial charge in [0.05, 0.1) is 0 Å². The third-order valence-electron chi connectivity index (χ3n) is 2.01. The Bertz CT molecular complexity index is 419. The molecule has 0 saturated carbocycles. The zero-order valence-electron chi connectivity index (χ0n) is 9.20. The van der Waals surface area contributed by atoms with E-state index in [9.17, 15) is 0 Å². The van der Waals surface area contributed by atoms with E-state index in [1.807, 2.05) is 48.5 Å². The van der Waals surface area contributed by atoms with Crippen LogP contribution in [-0.4, -0.2) is 23.1 Å². The van der Waals surface area contributed by atoms with Crippen molar-refractivity contribution in [1.29, 1.82) is 0 Å². The van der Waals surface area contributed by atoms with Crippen LogP contribution in [0.2, 0.25) is 5.02 Å². The SMILES string of the molecule is Clc1ccc(COc2cc[c-]cc2)cc1.[Br-].[Mg+2]. The van der Waals surface area contributed by atoms with E-state index in [0.717, 1.165) is 16.3 Å². The zero-order valence-corrected chi connectivity index (χ0v) is 13.0. The van der Waals surface area contributed by atoms with Crippen molar-refractivity contribution in [2.45, 2.75) is 6.61 Å². The maximum absolute atomic E-state index is 5.78. The van der Waals surface area contributed by atoms with E-state index < -0.39 is 0 Å². The van der Waals surface area contributed by atoms with Gasteiger partial charge in [0.25, 0.3) is 0 Å². The summed E-state index contributed by atoms with van der Waals surface area (Å²) in [5, 5.41) is 0.744. The van der Waals surface area contributed by atoms with Gasteiger partial charge in [-0.1, -0.05) is 23.7 Å². The normalized spacial score (nSPS) is 8.76. The van der Waals surface area contributed by atoms with Gasteiger partial charge in [-0.05, 0) is 17.7 Å². The first kappa shape index (κ1) is 16.8. The molecule has 0 fully saturated rings. The van der Waals surface area contributed by atoms with E-state index in [-0.39, 0.29) is 40.0 Å². The smallest absolute Gasteiger partial charge is 1.00 e. The number of hydrogen-bond donors (Lipinski definition) is 0. The zero-order chi connectivity index (χ0) is 10.5. The molecule has 0 atom stereocenters. The Labute approximate surface area is 133 Å². The van der Waals surface area contributed by atoms with E-state index in [0.29, 0.717) is 6.61 Å². The number of hydrogen-bond acceptors (Lipinski definition) is 1. The van der Waals surface area contributed by atoms with Crippen molar-refractivity contribution < 1.29 is 21.7 Å². The molecule has 17 heavy (non-hydrogen) atoms. The summed E-state index contributed by atoms with van der Waals surface area (Å²) >= 11 is 5.78. The molecule has 0 aliphatic heterocycles. The third kappa shape index (κ3) is 5.77. The van der Waals surface area contributed by atoms with E-state index in [1.165, 1.54) is 0 Å². The molecule has 0 saturated heterocycles. The number of halogens is 2. The Kier molecular flexibility index (Phi) is 8.69. The summed E-state index contributed by atoms with van der Waals surface area (Å²) in [5.74, 6) is 0.851. The maximum Gasteiger partial charge on any atom is 2.00 e. The monoisotopic (exact) mass is 320 g/mol. The molecule has 0 radical (unpaired) electrons. The molecule has 4 heteroatoms. The molecule has 0 aliphatic carbocycles. The predicted octanol–water partition coefficient (Wildman–Crippen LogP) is 0.342. The quantitative estimate of drug-likeness (QED) is 0.585. The van der Waals surface area contributed by atoms with Crippen molar-refractivity contribution in [2.75, 3.05) is 0 Å². The van der Waals surface area contributed by atoms with Gasteiger partial charge in [0.1, 0.15) is 6.61 Å². The summed E-state index contributed by atoms with van der Waals surface area (Å²) < 4.78 is 5.57. The summed E-state index contributed by atoms with van der Waals surface area (Å²) in [6.45, 7) is 0.557. The molecule has 0 aromatic heterocycles. The molecule has 0 unspecified atom stereocenters. The van der Waals surface area contributed by atoms with E-state index >= 15 is 0 Å². The Morgan fingerprint density at radius 2 is 1.59 bits per heavy atom. The van der Waals surface area contributed by atoms with Gasteiger partial charge in [0, 0.05) is 10.8 Å². The predicted molar refractivity (Wildman–Crippen MR) is 66.8 cm³/mol. The maximum atomic E-state index is 5.78. The molecule has 0 heterocycles. The van der Waals surface area contributed by atoms with Gasteiger partial charge in [-0.25, -0.2) is 0 Å². The molecule has 0 amide bonds. The Morgan fingerprint density at radius 3 is 2.18 bits per heavy atom. The minimum atomic E-state index is 0. The molecule has 2 rings (SSSR count). The van der Waals surface area contributed by atoms with Gasteiger partial charge in [-0.3, -0.25) is 0 Å². The van der Waals surface area contributed by atoms with Crippen molar-refractivity contribution >= 4 is 34.7 Å². The summed E-state index contributed by atoms with van der Waals surface area (Å²) in [6, 6.07) is 18.0. The van der Waals surface area contributed by atoms with Crippen molar-refractivity contribution in [1.82, 2.24) is 0 Å². The Morgan fingerprint density at radius 1 is 1.00 bits per heavy atom. The standard InChI is InChI=1S/C13H10ClO.BrH.Mg/c14-12-8-6-11(7-9-12)10-15-13-4-2-1-3-5-13;;/h2-9H,10H2;1H;/q-1;;+2/p-1. The number of rotatable bonds is 3. The van der Waals surface area contributed by atoms with Crippen LogP contribution in [0.15, 0.2) is 48.5 Å². The minimum Gasteiger partial charge on any atom is -1.00 e. The molecule has 2 aromatic rings. The molecule has 0 aliphatic rings. The average molecular weight is 322 g/mol. The van der Waals surface area contributed by atoms with Gasteiger partial charge < -0.3 is 21.7 Å². The topological polar surface area (TPSA) is 9.23 Å². The average Bonchev–Trinajstić information content (AvgIpc) is 2.30. The molecule has 0 spiro atoms. The van der Waals surface area contributed by atoms with Gasteiger partial charge in [0.15, 0.2) is 0 Å². The van der Waals surface area contributed by atoms with E-state index in [2.05, 4.69) is 6.07 Å². The minimum absolute atomic E-state index is 0. The van der Waals surface area contributed by atoms with Crippen LogP contribution < -0.4 is 21.7 Å². The molecule has 1 nitrogen and oxygen atoms in total. The first-order valence-corrected chi connectivity index (χ1v) is 5.06. The van der Waals surface area contributed by atoms with Crippen molar-refractivity contribution in [3.63, 3.8) is 0 Å². The second-order valence-corrected chi connectivity index (χ2v) is 3.59. The van der Waals surface area contributed by atoms with Crippen molar-refractivity contribution in [3.05, 3.63) is 65.2 Å². The van der Waals surface area contributed by atoms with Crippen LogP contribution in [0, 0.1) is 6.07 Å². The van der Waals surface area contributed by atoms with Crippen molar-refractivity contribution in [2.24, 2.45) is 0 Å². The second-order valence-electron chi connectivity index (χ2n) is 3.15. The molecular formula is C13H10BrClMgO. The van der Waals surface area contributed by atoms with Crippen LogP contribution in [0.4, 0.5) is 0 Å². The van der Waals surface area contributed by atoms with Gasteiger partial charge in [-0.15, -0.1) is 12.1 Å². The number of benzene rings is 2. The molecule has 0 bridgehead atoms. The van der Waals surface area contributed by atoms with Crippen LogP contribution in [0.1, 0.15) is 5.56 Å². The van der Waals surface area contributed by atoms with Crippen LogP contribution in [0.5, 0.6) is 5.75 Å². The fourth-order valence-corrected chi connectivity index (χ4v) is 1.34. The second kappa shape index (κ2) is 8.81. The fraction of sp³-hybridized carbons (Fsp3) is 0.0769. The van der Waals surface area contributed by atoms with Gasteiger partial charge >= 0.3 is 23.1 Å². The van der Waals surface area contributed by atoms with E-state index in [4.69, 9.17) is 16.3 Å². The fourth-order valence-electron chi connectivity index (χ4n) is 1.22. The summed E-state index contributed by atoms with van der Waals surface area (Å²) in [5.41, 5.74) is 1.10. The number of ether oxygens (including phenoxy) is 1. The van der Waals surface area contributed by atoms with Crippen LogP contribution in [0.3, 0.4) is 0 Å². The van der Waals surface area contributed by atoms with Crippen molar-refractivity contribution in [3.8, 4) is 5.75 Å². The third-order valence-corrected chi connectivity index (χ3v) is 2.26. The summed E-state index contributed by atoms with van der Waals surface area (Å²) in [7, 11) is 0. The first-order valence-electron chi connectivity index (χ1n) is 4.68. The van der Waals surface area contributed by atoms with Gasteiger partial charge in [-0.2, -0.15) is 18.2 Å². The summed E-state index contributed by atoms with van der Waals surface area (Å²) in [4.78, 5) is 0. The molecular weight excluding hydrogens is 312 g/mol. The first-order chi connectivity index (χ1) is 7.34. The van der Waals surface area contributed by atoms with Crippen LogP contribution in [-0.2, 0) is 6.61 Å². The molecule has 0 N–H and O–H groups in total. The molecule has 2 aromatic carbocycles. The Balaban J connectivity index is 0.00000128. The van der Waals surface area contributed by atoms with Gasteiger partial charge in [0.2, 0.25) is 0 Å². The summed E-state index contributed by atoms with van der Waals surface area (Å²) in [6.07, 6.45) is 0. The Hall–Kier alpha value is -0.224. The largest absolute Gasteiger partial charge is 2.00 e. The molecule has 84 valence electrons. The van der Waals surface area contributed by atoms with E-state index in [1.54, 1.807) is 0 Å². The van der Waals surface area contributed by atoms with Crippen LogP contribution >= 0.6 is 11.6 Å².